The van der Waals surface area contributed by atoms with Gasteiger partial charge < -0.3 is 15.9 Å². The molecule has 0 amide bonds. The van der Waals surface area contributed by atoms with Crippen molar-refractivity contribution in [3.8, 4) is 0 Å². The summed E-state index contributed by atoms with van der Waals surface area (Å²) < 4.78 is 5.53. The Morgan fingerprint density at radius 3 is 2.61 bits per heavy atom. The highest BCUT2D eigenvalue weighted by atomic mass is 32.2. The molecule has 8 heteroatoms. The van der Waals surface area contributed by atoms with E-state index in [2.05, 4.69) is 20.2 Å². The third kappa shape index (κ3) is 2.53. The van der Waals surface area contributed by atoms with Crippen molar-refractivity contribution in [2.45, 2.75) is 29.7 Å². The van der Waals surface area contributed by atoms with Gasteiger partial charge >= 0.3 is 0 Å². The van der Waals surface area contributed by atoms with Crippen LogP contribution in [-0.2, 0) is 5.75 Å². The number of nitrogens with two attached hydrogens (primary N) is 2. The van der Waals surface area contributed by atoms with Crippen LogP contribution in [0.2, 0.25) is 0 Å². The van der Waals surface area contributed by atoms with Crippen LogP contribution >= 0.6 is 11.8 Å². The summed E-state index contributed by atoms with van der Waals surface area (Å²) in [5.41, 5.74) is 11.2. The zero-order chi connectivity index (χ0) is 12.5. The van der Waals surface area contributed by atoms with Crippen LogP contribution in [0.4, 0.5) is 11.6 Å². The van der Waals surface area contributed by atoms with E-state index < -0.39 is 0 Å². The molecule has 2 aromatic rings. The molecule has 0 bridgehead atoms. The van der Waals surface area contributed by atoms with Crippen molar-refractivity contribution in [1.82, 2.24) is 20.2 Å². The van der Waals surface area contributed by atoms with Crippen molar-refractivity contribution < 1.29 is 4.42 Å². The molecule has 0 aromatic carbocycles. The average Bonchev–Trinajstić information content (AvgIpc) is 3.05. The van der Waals surface area contributed by atoms with E-state index in [9.17, 15) is 0 Å². The Kier molecular flexibility index (Phi) is 2.78. The van der Waals surface area contributed by atoms with Gasteiger partial charge in [-0.15, -0.1) is 10.2 Å². The number of nitrogens with zero attached hydrogens (tertiary/aromatic N) is 4. The monoisotopic (exact) mass is 264 g/mol. The van der Waals surface area contributed by atoms with Gasteiger partial charge in [-0.05, 0) is 12.8 Å². The maximum absolute atomic E-state index is 5.58. The predicted molar refractivity (Wildman–Crippen MR) is 66.7 cm³/mol. The van der Waals surface area contributed by atoms with E-state index in [1.807, 2.05) is 0 Å². The normalized spacial score (nSPS) is 14.9. The van der Waals surface area contributed by atoms with Crippen molar-refractivity contribution >= 4 is 23.4 Å². The van der Waals surface area contributed by atoms with E-state index in [0.29, 0.717) is 34.4 Å². The number of anilines is 2. The van der Waals surface area contributed by atoms with E-state index in [1.165, 1.54) is 17.8 Å². The number of hydrogen-bond acceptors (Lipinski definition) is 8. The van der Waals surface area contributed by atoms with Crippen LogP contribution in [0.5, 0.6) is 0 Å². The lowest BCUT2D eigenvalue weighted by atomic mass is 10.4. The van der Waals surface area contributed by atoms with Gasteiger partial charge in [-0.2, -0.15) is 0 Å². The Morgan fingerprint density at radius 2 is 1.94 bits per heavy atom. The van der Waals surface area contributed by atoms with Gasteiger partial charge in [0.05, 0.1) is 5.75 Å². The van der Waals surface area contributed by atoms with Crippen molar-refractivity contribution in [1.29, 1.82) is 0 Å². The molecule has 7 nitrogen and oxygen atoms in total. The first-order chi connectivity index (χ1) is 8.70. The van der Waals surface area contributed by atoms with E-state index >= 15 is 0 Å². The molecule has 2 heterocycles. The molecular formula is C10H12N6OS. The molecule has 0 unspecified atom stereocenters. The Balaban J connectivity index is 1.65. The summed E-state index contributed by atoms with van der Waals surface area (Å²) in [5.74, 6) is 3.01. The lowest BCUT2D eigenvalue weighted by Crippen LogP contribution is -1.99. The lowest BCUT2D eigenvalue weighted by molar-refractivity contribution is 0.466. The van der Waals surface area contributed by atoms with Gasteiger partial charge in [0, 0.05) is 12.0 Å². The molecule has 0 aliphatic heterocycles. The fraction of sp³-hybridized carbons (Fsp3) is 0.400. The summed E-state index contributed by atoms with van der Waals surface area (Å²) in [7, 11) is 0. The highest BCUT2D eigenvalue weighted by Crippen LogP contribution is 2.39. The first-order valence-electron chi connectivity index (χ1n) is 5.56. The molecule has 4 N–H and O–H groups in total. The van der Waals surface area contributed by atoms with Crippen LogP contribution in [0.15, 0.2) is 15.6 Å². The summed E-state index contributed by atoms with van der Waals surface area (Å²) in [5, 5.41) is 8.50. The van der Waals surface area contributed by atoms with Gasteiger partial charge in [-0.25, -0.2) is 9.97 Å². The van der Waals surface area contributed by atoms with Gasteiger partial charge in [-0.1, -0.05) is 11.8 Å². The minimum atomic E-state index is 0.356. The van der Waals surface area contributed by atoms with Gasteiger partial charge in [0.2, 0.25) is 11.8 Å². The van der Waals surface area contributed by atoms with E-state index in [-0.39, 0.29) is 0 Å². The summed E-state index contributed by atoms with van der Waals surface area (Å²) in [6.07, 6.45) is 2.28. The molecule has 94 valence electrons. The van der Waals surface area contributed by atoms with Gasteiger partial charge in [-0.3, -0.25) is 0 Å². The van der Waals surface area contributed by atoms with E-state index in [4.69, 9.17) is 15.9 Å². The molecular weight excluding hydrogens is 252 g/mol. The first kappa shape index (κ1) is 11.3. The number of thioether (sulfide) groups is 1. The van der Waals surface area contributed by atoms with Gasteiger partial charge in [0.15, 0.2) is 5.16 Å². The number of hydrogen-bond donors (Lipinski definition) is 2. The maximum atomic E-state index is 5.58. The molecule has 1 fully saturated rings. The molecule has 0 atom stereocenters. The van der Waals surface area contributed by atoms with Crippen molar-refractivity contribution in [2.24, 2.45) is 0 Å². The number of nitrogen functional groups attached to an aromatic ring is 2. The predicted octanol–water partition coefficient (Wildman–Crippen LogP) is 1.19. The summed E-state index contributed by atoms with van der Waals surface area (Å²) in [4.78, 5) is 8.13. The fourth-order valence-corrected chi connectivity index (χ4v) is 2.18. The standard InChI is InChI=1S/C10H12N6OS/c11-6-3-7(12)14-10(13-6)18-4-8-15-16-9(17-8)5-1-2-5/h3,5H,1-2,4H2,(H4,11,12,13,14). The molecule has 1 saturated carbocycles. The third-order valence-electron chi connectivity index (χ3n) is 2.48. The minimum Gasteiger partial charge on any atom is -0.424 e. The van der Waals surface area contributed by atoms with Crippen LogP contribution in [0.3, 0.4) is 0 Å². The van der Waals surface area contributed by atoms with Gasteiger partial charge in [0.25, 0.3) is 0 Å². The molecule has 2 aromatic heterocycles. The maximum Gasteiger partial charge on any atom is 0.226 e. The minimum absolute atomic E-state index is 0.356. The average molecular weight is 264 g/mol. The largest absolute Gasteiger partial charge is 0.424 e. The zero-order valence-corrected chi connectivity index (χ0v) is 10.4. The van der Waals surface area contributed by atoms with Crippen LogP contribution in [-0.4, -0.2) is 20.2 Å². The van der Waals surface area contributed by atoms with Crippen LogP contribution in [0.1, 0.15) is 30.5 Å². The molecule has 0 radical (unpaired) electrons. The second-order valence-corrected chi connectivity index (χ2v) is 5.04. The van der Waals surface area contributed by atoms with E-state index in [0.717, 1.165) is 18.7 Å². The second kappa shape index (κ2) is 4.45. The lowest BCUT2D eigenvalue weighted by Gasteiger charge is -2.00. The molecule has 18 heavy (non-hydrogen) atoms. The van der Waals surface area contributed by atoms with Crippen molar-refractivity contribution in [2.75, 3.05) is 11.5 Å². The molecule has 0 saturated heterocycles. The third-order valence-corrected chi connectivity index (χ3v) is 3.31. The Labute approximate surface area is 107 Å². The summed E-state index contributed by atoms with van der Waals surface area (Å²) >= 11 is 1.37. The second-order valence-electron chi connectivity index (χ2n) is 4.10. The molecule has 3 rings (SSSR count). The molecule has 0 spiro atoms. The molecule has 1 aliphatic rings. The Bertz CT molecular complexity index is 547. The van der Waals surface area contributed by atoms with Crippen LogP contribution in [0, 0.1) is 0 Å². The highest BCUT2D eigenvalue weighted by molar-refractivity contribution is 7.98. The smallest absolute Gasteiger partial charge is 0.226 e. The highest BCUT2D eigenvalue weighted by Gasteiger charge is 2.29. The first-order valence-corrected chi connectivity index (χ1v) is 6.54. The van der Waals surface area contributed by atoms with Crippen molar-refractivity contribution in [3.05, 3.63) is 17.8 Å². The zero-order valence-electron chi connectivity index (χ0n) is 9.54. The van der Waals surface area contributed by atoms with E-state index in [1.54, 1.807) is 0 Å². The Hall–Kier alpha value is -1.83. The summed E-state index contributed by atoms with van der Waals surface area (Å²) in [6, 6.07) is 1.52. The quantitative estimate of drug-likeness (QED) is 0.624. The summed E-state index contributed by atoms with van der Waals surface area (Å²) in [6.45, 7) is 0. The SMILES string of the molecule is Nc1cc(N)nc(SCc2nnc(C3CC3)o2)n1. The topological polar surface area (TPSA) is 117 Å². The van der Waals surface area contributed by atoms with Crippen molar-refractivity contribution in [3.63, 3.8) is 0 Å². The van der Waals surface area contributed by atoms with Gasteiger partial charge in [0.1, 0.15) is 11.6 Å². The Morgan fingerprint density at radius 1 is 1.22 bits per heavy atom. The van der Waals surface area contributed by atoms with Crippen LogP contribution < -0.4 is 11.5 Å². The number of aromatic nitrogens is 4. The fourth-order valence-electron chi connectivity index (χ4n) is 1.47. The molecule has 1 aliphatic carbocycles. The number of rotatable bonds is 4. The van der Waals surface area contributed by atoms with Crippen LogP contribution in [0.25, 0.3) is 0 Å².